The van der Waals surface area contributed by atoms with E-state index in [4.69, 9.17) is 4.74 Å². The lowest BCUT2D eigenvalue weighted by Gasteiger charge is -2.30. The molecule has 0 atom stereocenters. The van der Waals surface area contributed by atoms with Gasteiger partial charge in [0.05, 0.1) is 18.3 Å². The van der Waals surface area contributed by atoms with Gasteiger partial charge in [0.15, 0.2) is 4.34 Å². The molecule has 3 rings (SSSR count). The van der Waals surface area contributed by atoms with Crippen LogP contribution in [0.15, 0.2) is 22.5 Å². The summed E-state index contributed by atoms with van der Waals surface area (Å²) in [5, 5.41) is 12.3. The van der Waals surface area contributed by atoms with Gasteiger partial charge in [-0.2, -0.15) is 0 Å². The van der Waals surface area contributed by atoms with E-state index in [1.54, 1.807) is 0 Å². The number of hydrogen-bond donors (Lipinski definition) is 1. The van der Waals surface area contributed by atoms with Crippen molar-refractivity contribution in [1.29, 1.82) is 0 Å². The van der Waals surface area contributed by atoms with Crippen LogP contribution in [0.5, 0.6) is 0 Å². The second-order valence-corrected chi connectivity index (χ2v) is 9.19. The third-order valence-electron chi connectivity index (χ3n) is 4.95. The SMILES string of the molecule is CCOC(=O)C1CCN(C(=O)CSc2nnc(Nc3ccc(C)c(C)c3)s2)CC1. The maximum Gasteiger partial charge on any atom is 0.309 e. The molecule has 1 aromatic heterocycles. The molecule has 1 amide bonds. The average molecular weight is 435 g/mol. The highest BCUT2D eigenvalue weighted by Gasteiger charge is 2.28. The van der Waals surface area contributed by atoms with Crippen molar-refractivity contribution in [2.75, 3.05) is 30.8 Å². The quantitative estimate of drug-likeness (QED) is 0.524. The number of esters is 1. The Labute approximate surface area is 179 Å². The summed E-state index contributed by atoms with van der Waals surface area (Å²) in [6, 6.07) is 6.16. The molecule has 0 unspecified atom stereocenters. The van der Waals surface area contributed by atoms with Crippen LogP contribution in [0.1, 0.15) is 30.9 Å². The van der Waals surface area contributed by atoms with E-state index >= 15 is 0 Å². The van der Waals surface area contributed by atoms with Crippen LogP contribution in [0.3, 0.4) is 0 Å². The summed E-state index contributed by atoms with van der Waals surface area (Å²) in [7, 11) is 0. The first kappa shape index (κ1) is 21.6. The minimum absolute atomic E-state index is 0.0659. The molecule has 1 aromatic carbocycles. The normalized spacial score (nSPS) is 14.7. The predicted molar refractivity (Wildman–Crippen MR) is 116 cm³/mol. The number of ether oxygens (including phenoxy) is 1. The van der Waals surface area contributed by atoms with E-state index in [1.807, 2.05) is 17.9 Å². The van der Waals surface area contributed by atoms with Gasteiger partial charge in [-0.05, 0) is 56.9 Å². The van der Waals surface area contributed by atoms with Crippen LogP contribution in [0, 0.1) is 19.8 Å². The first-order valence-electron chi connectivity index (χ1n) is 9.71. The molecule has 0 bridgehead atoms. The highest BCUT2D eigenvalue weighted by molar-refractivity contribution is 8.01. The largest absolute Gasteiger partial charge is 0.466 e. The number of piperidine rings is 1. The molecular weight excluding hydrogens is 408 g/mol. The third-order valence-corrected chi connectivity index (χ3v) is 6.91. The monoisotopic (exact) mass is 434 g/mol. The fraction of sp³-hybridized carbons (Fsp3) is 0.500. The van der Waals surface area contributed by atoms with E-state index in [9.17, 15) is 9.59 Å². The molecule has 0 spiro atoms. The number of carbonyl (C=O) groups excluding carboxylic acids is 2. The van der Waals surface area contributed by atoms with Crippen LogP contribution in [0.2, 0.25) is 0 Å². The minimum atomic E-state index is -0.147. The van der Waals surface area contributed by atoms with Gasteiger partial charge in [-0.25, -0.2) is 0 Å². The van der Waals surface area contributed by atoms with Crippen molar-refractivity contribution in [1.82, 2.24) is 15.1 Å². The molecule has 1 N–H and O–H groups in total. The molecule has 0 saturated carbocycles. The summed E-state index contributed by atoms with van der Waals surface area (Å²) < 4.78 is 5.83. The number of nitrogens with one attached hydrogen (secondary N) is 1. The lowest BCUT2D eigenvalue weighted by atomic mass is 9.97. The minimum Gasteiger partial charge on any atom is -0.466 e. The van der Waals surface area contributed by atoms with Crippen molar-refractivity contribution in [3.8, 4) is 0 Å². The molecule has 2 heterocycles. The van der Waals surface area contributed by atoms with Crippen molar-refractivity contribution in [3.05, 3.63) is 29.3 Å². The second-order valence-electron chi connectivity index (χ2n) is 6.99. The van der Waals surface area contributed by atoms with Crippen LogP contribution in [0.25, 0.3) is 0 Å². The van der Waals surface area contributed by atoms with Crippen LogP contribution >= 0.6 is 23.1 Å². The number of nitrogens with zero attached hydrogens (tertiary/aromatic N) is 3. The van der Waals surface area contributed by atoms with Gasteiger partial charge in [-0.15, -0.1) is 10.2 Å². The number of aryl methyl sites for hydroxylation is 2. The third kappa shape index (κ3) is 5.93. The zero-order chi connectivity index (χ0) is 20.8. The van der Waals surface area contributed by atoms with Crippen LogP contribution < -0.4 is 5.32 Å². The fourth-order valence-electron chi connectivity index (χ4n) is 3.10. The van der Waals surface area contributed by atoms with Crippen molar-refractivity contribution >= 4 is 45.8 Å². The molecule has 29 heavy (non-hydrogen) atoms. The highest BCUT2D eigenvalue weighted by Crippen LogP contribution is 2.29. The number of hydrogen-bond acceptors (Lipinski definition) is 8. The molecule has 1 aliphatic rings. The molecule has 1 fully saturated rings. The first-order valence-corrected chi connectivity index (χ1v) is 11.5. The van der Waals surface area contributed by atoms with E-state index < -0.39 is 0 Å². The number of rotatable bonds is 7. The van der Waals surface area contributed by atoms with Crippen LogP contribution in [-0.4, -0.2) is 52.4 Å². The number of anilines is 2. The molecular formula is C20H26N4O3S2. The highest BCUT2D eigenvalue weighted by atomic mass is 32.2. The Kier molecular flexibility index (Phi) is 7.49. The van der Waals surface area contributed by atoms with Gasteiger partial charge in [-0.1, -0.05) is 29.2 Å². The standard InChI is InChI=1S/C20H26N4O3S2/c1-4-27-18(26)15-7-9-24(10-8-15)17(25)12-28-20-23-22-19(29-20)21-16-6-5-13(2)14(3)11-16/h5-6,11,15H,4,7-10,12H2,1-3H3,(H,21,22). The van der Waals surface area contributed by atoms with E-state index in [2.05, 4.69) is 41.5 Å². The fourth-order valence-corrected chi connectivity index (χ4v) is 4.78. The lowest BCUT2D eigenvalue weighted by Crippen LogP contribution is -2.41. The Morgan fingerprint density at radius 2 is 2.00 bits per heavy atom. The summed E-state index contributed by atoms with van der Waals surface area (Å²) in [6.07, 6.45) is 1.33. The maximum atomic E-state index is 12.5. The average Bonchev–Trinajstić information content (AvgIpc) is 3.16. The molecule has 0 radical (unpaired) electrons. The zero-order valence-corrected chi connectivity index (χ0v) is 18.6. The summed E-state index contributed by atoms with van der Waals surface area (Å²) in [5.41, 5.74) is 3.43. The number of likely N-dealkylation sites (tertiary alicyclic amines) is 1. The second kappa shape index (κ2) is 10.1. The Hall–Kier alpha value is -2.13. The summed E-state index contributed by atoms with van der Waals surface area (Å²) >= 11 is 2.83. The molecule has 9 heteroatoms. The smallest absolute Gasteiger partial charge is 0.309 e. The molecule has 156 valence electrons. The number of aromatic nitrogens is 2. The number of amides is 1. The Morgan fingerprint density at radius 3 is 2.69 bits per heavy atom. The maximum absolute atomic E-state index is 12.5. The van der Waals surface area contributed by atoms with Gasteiger partial charge in [-0.3, -0.25) is 9.59 Å². The van der Waals surface area contributed by atoms with Gasteiger partial charge < -0.3 is 15.0 Å². The van der Waals surface area contributed by atoms with E-state index in [1.165, 1.54) is 34.2 Å². The van der Waals surface area contributed by atoms with Gasteiger partial charge in [0.2, 0.25) is 11.0 Å². The van der Waals surface area contributed by atoms with E-state index in [0.717, 1.165) is 10.0 Å². The van der Waals surface area contributed by atoms with Gasteiger partial charge in [0.25, 0.3) is 0 Å². The van der Waals surface area contributed by atoms with Crippen LogP contribution in [0.4, 0.5) is 10.8 Å². The topological polar surface area (TPSA) is 84.4 Å². The van der Waals surface area contributed by atoms with Gasteiger partial charge in [0, 0.05) is 18.8 Å². The first-order chi connectivity index (χ1) is 14.0. The zero-order valence-electron chi connectivity index (χ0n) is 16.9. The van der Waals surface area contributed by atoms with Crippen molar-refractivity contribution < 1.29 is 14.3 Å². The molecule has 0 aliphatic carbocycles. The van der Waals surface area contributed by atoms with Crippen LogP contribution in [-0.2, 0) is 14.3 Å². The molecule has 1 aliphatic heterocycles. The Morgan fingerprint density at radius 1 is 1.24 bits per heavy atom. The number of thioether (sulfide) groups is 1. The van der Waals surface area contributed by atoms with Crippen molar-refractivity contribution in [2.45, 2.75) is 38.0 Å². The summed E-state index contributed by atoms with van der Waals surface area (Å²) in [6.45, 7) is 7.55. The predicted octanol–water partition coefficient (Wildman–Crippen LogP) is 3.79. The lowest BCUT2D eigenvalue weighted by molar-refractivity contribution is -0.151. The summed E-state index contributed by atoms with van der Waals surface area (Å²) in [5.74, 6) is 0.152. The molecule has 2 aromatic rings. The summed E-state index contributed by atoms with van der Waals surface area (Å²) in [4.78, 5) is 26.1. The van der Waals surface area contributed by atoms with Crippen molar-refractivity contribution in [3.63, 3.8) is 0 Å². The number of carbonyl (C=O) groups is 2. The van der Waals surface area contributed by atoms with Gasteiger partial charge >= 0.3 is 5.97 Å². The van der Waals surface area contributed by atoms with E-state index in [-0.39, 0.29) is 17.8 Å². The molecule has 1 saturated heterocycles. The molecule has 7 nitrogen and oxygen atoms in total. The van der Waals surface area contributed by atoms with E-state index in [0.29, 0.717) is 43.4 Å². The Balaban J connectivity index is 1.45. The van der Waals surface area contributed by atoms with Crippen molar-refractivity contribution in [2.24, 2.45) is 5.92 Å². The number of benzene rings is 1. The van der Waals surface area contributed by atoms with Gasteiger partial charge in [0.1, 0.15) is 0 Å². The Bertz CT molecular complexity index is 863.